The number of hydrogen-bond acceptors (Lipinski definition) is 8. The molecule has 1 aliphatic carbocycles. The van der Waals surface area contributed by atoms with Gasteiger partial charge in [0.1, 0.15) is 11.8 Å². The molecule has 1 aliphatic heterocycles. The number of allylic oxidation sites excluding steroid dienone is 2. The molecule has 2 heterocycles. The molecule has 1 unspecified atom stereocenters. The summed E-state index contributed by atoms with van der Waals surface area (Å²) in [6.45, 7) is 2.46. The molecule has 0 amide bonds. The van der Waals surface area contributed by atoms with E-state index in [1.165, 1.54) is 0 Å². The summed E-state index contributed by atoms with van der Waals surface area (Å²) < 4.78 is 24.2. The van der Waals surface area contributed by atoms with Crippen LogP contribution in [0.5, 0.6) is 23.0 Å². The fourth-order valence-electron chi connectivity index (χ4n) is 4.77. The zero-order valence-corrected chi connectivity index (χ0v) is 20.3. The van der Waals surface area contributed by atoms with E-state index in [0.29, 0.717) is 47.6 Å². The van der Waals surface area contributed by atoms with Crippen molar-refractivity contribution < 1.29 is 23.7 Å². The quantitative estimate of drug-likeness (QED) is 0.536. The van der Waals surface area contributed by atoms with E-state index in [1.54, 1.807) is 26.0 Å². The van der Waals surface area contributed by atoms with E-state index in [9.17, 15) is 4.79 Å². The second-order valence-corrected chi connectivity index (χ2v) is 8.28. The predicted octanol–water partition coefficient (Wildman–Crippen LogP) is 4.39. The molecule has 0 bridgehead atoms. The number of ether oxygens (including phenoxy) is 4. The molecule has 0 saturated heterocycles. The van der Waals surface area contributed by atoms with Crippen molar-refractivity contribution in [2.45, 2.75) is 32.2 Å². The maximum absolute atomic E-state index is 13.2. The summed E-state index contributed by atoms with van der Waals surface area (Å²) in [5, 5.41) is 8.23. The van der Waals surface area contributed by atoms with Crippen molar-refractivity contribution >= 4 is 11.7 Å². The van der Waals surface area contributed by atoms with Crippen LogP contribution >= 0.6 is 0 Å². The summed E-state index contributed by atoms with van der Waals surface area (Å²) in [7, 11) is 4.70. The molecule has 2 aromatic carbocycles. The van der Waals surface area contributed by atoms with E-state index < -0.39 is 6.04 Å². The maximum Gasteiger partial charge on any atom is 0.226 e. The molecule has 182 valence electrons. The van der Waals surface area contributed by atoms with Crippen molar-refractivity contribution in [1.29, 1.82) is 0 Å². The van der Waals surface area contributed by atoms with Crippen LogP contribution in [-0.4, -0.2) is 48.5 Å². The molecular formula is C26H28N4O5. The van der Waals surface area contributed by atoms with Gasteiger partial charge in [0.05, 0.1) is 27.9 Å². The Bertz CT molecular complexity index is 1290. The number of methoxy groups -OCH3 is 3. The van der Waals surface area contributed by atoms with Crippen LogP contribution in [0, 0.1) is 0 Å². The first-order chi connectivity index (χ1) is 17.1. The fraction of sp³-hybridized carbons (Fsp3) is 0.346. The van der Waals surface area contributed by atoms with E-state index in [1.807, 2.05) is 43.3 Å². The Labute approximate surface area is 203 Å². The van der Waals surface area contributed by atoms with Gasteiger partial charge in [0, 0.05) is 28.8 Å². The number of para-hydroxylation sites is 1. The van der Waals surface area contributed by atoms with Crippen molar-refractivity contribution in [2.24, 2.45) is 0 Å². The van der Waals surface area contributed by atoms with Crippen LogP contribution in [0.3, 0.4) is 0 Å². The van der Waals surface area contributed by atoms with Crippen LogP contribution in [0.15, 0.2) is 47.7 Å². The van der Waals surface area contributed by atoms with Crippen LogP contribution in [0.2, 0.25) is 0 Å². The van der Waals surface area contributed by atoms with E-state index in [0.717, 1.165) is 35.4 Å². The molecule has 0 radical (unpaired) electrons. The van der Waals surface area contributed by atoms with Crippen LogP contribution in [-0.2, 0) is 4.79 Å². The van der Waals surface area contributed by atoms with Gasteiger partial charge in [0.15, 0.2) is 23.1 Å². The van der Waals surface area contributed by atoms with Crippen molar-refractivity contribution in [2.75, 3.05) is 33.3 Å². The van der Waals surface area contributed by atoms with Gasteiger partial charge in [-0.2, -0.15) is 4.98 Å². The Hall–Kier alpha value is -4.01. The minimum atomic E-state index is -0.444. The lowest BCUT2D eigenvalue weighted by atomic mass is 9.85. The monoisotopic (exact) mass is 476 g/mol. The van der Waals surface area contributed by atoms with E-state index >= 15 is 0 Å². The lowest BCUT2D eigenvalue weighted by Crippen LogP contribution is -2.31. The first kappa shape index (κ1) is 22.8. The van der Waals surface area contributed by atoms with Crippen LogP contribution in [0.1, 0.15) is 37.8 Å². The Morgan fingerprint density at radius 2 is 1.77 bits per heavy atom. The molecule has 0 fully saturated rings. The van der Waals surface area contributed by atoms with E-state index in [2.05, 4.69) is 5.32 Å². The molecule has 5 rings (SSSR count). The van der Waals surface area contributed by atoms with Gasteiger partial charge in [0.25, 0.3) is 0 Å². The van der Waals surface area contributed by atoms with Crippen LogP contribution in [0.4, 0.5) is 5.95 Å². The SMILES string of the molecule is CCOc1ccccc1C1C2=C(CCCC2=O)Nc2nc(-c3cc(OC)c(OC)c(OC)c3)nn21. The Balaban J connectivity index is 1.68. The number of nitrogens with zero attached hydrogens (tertiary/aromatic N) is 3. The summed E-state index contributed by atoms with van der Waals surface area (Å²) >= 11 is 0. The van der Waals surface area contributed by atoms with Gasteiger partial charge in [-0.3, -0.25) is 4.79 Å². The van der Waals surface area contributed by atoms with Gasteiger partial charge < -0.3 is 24.3 Å². The molecule has 1 N–H and O–H groups in total. The highest BCUT2D eigenvalue weighted by Gasteiger charge is 2.38. The van der Waals surface area contributed by atoms with Gasteiger partial charge in [-0.05, 0) is 38.0 Å². The highest BCUT2D eigenvalue weighted by molar-refractivity contribution is 5.99. The van der Waals surface area contributed by atoms with E-state index in [-0.39, 0.29) is 5.78 Å². The zero-order chi connectivity index (χ0) is 24.5. The lowest BCUT2D eigenvalue weighted by Gasteiger charge is -2.32. The summed E-state index contributed by atoms with van der Waals surface area (Å²) in [6.07, 6.45) is 2.09. The van der Waals surface area contributed by atoms with Gasteiger partial charge in [-0.1, -0.05) is 18.2 Å². The first-order valence-electron chi connectivity index (χ1n) is 11.6. The van der Waals surface area contributed by atoms with Crippen LogP contribution < -0.4 is 24.3 Å². The van der Waals surface area contributed by atoms with Gasteiger partial charge in [0.2, 0.25) is 11.7 Å². The summed E-state index contributed by atoms with van der Waals surface area (Å²) in [4.78, 5) is 18.0. The van der Waals surface area contributed by atoms with E-state index in [4.69, 9.17) is 29.0 Å². The summed E-state index contributed by atoms with van der Waals surface area (Å²) in [6, 6.07) is 11.0. The molecule has 35 heavy (non-hydrogen) atoms. The average molecular weight is 477 g/mol. The Morgan fingerprint density at radius 3 is 2.46 bits per heavy atom. The number of rotatable bonds is 7. The van der Waals surface area contributed by atoms with Crippen molar-refractivity contribution in [3.8, 4) is 34.4 Å². The second-order valence-electron chi connectivity index (χ2n) is 8.28. The largest absolute Gasteiger partial charge is 0.494 e. The normalized spacial score (nSPS) is 16.8. The number of nitrogens with one attached hydrogen (secondary N) is 1. The van der Waals surface area contributed by atoms with Gasteiger partial charge >= 0.3 is 0 Å². The number of ketones is 1. The predicted molar refractivity (Wildman–Crippen MR) is 130 cm³/mol. The standard InChI is InChI=1S/C26H28N4O5/c1-5-35-19-12-7-6-9-16(19)23-22-17(10-8-11-18(22)31)27-26-28-25(29-30(23)26)15-13-20(32-2)24(34-4)21(14-15)33-3/h6-7,9,12-14,23H,5,8,10-11H2,1-4H3,(H,27,28,29). The number of carbonyl (C=O) groups is 1. The lowest BCUT2D eigenvalue weighted by molar-refractivity contribution is -0.116. The van der Waals surface area contributed by atoms with Crippen molar-refractivity contribution in [3.63, 3.8) is 0 Å². The number of fused-ring (bicyclic) bond motifs is 1. The highest BCUT2D eigenvalue weighted by Crippen LogP contribution is 2.45. The number of anilines is 1. The number of carbonyl (C=O) groups excluding carboxylic acids is 1. The second kappa shape index (κ2) is 9.32. The van der Waals surface area contributed by atoms with Gasteiger partial charge in [-0.15, -0.1) is 5.10 Å². The molecule has 9 heteroatoms. The molecule has 1 aromatic heterocycles. The highest BCUT2D eigenvalue weighted by atomic mass is 16.5. The van der Waals surface area contributed by atoms with Crippen molar-refractivity contribution in [1.82, 2.24) is 14.8 Å². The summed E-state index contributed by atoms with van der Waals surface area (Å²) in [5.74, 6) is 3.39. The Morgan fingerprint density at radius 1 is 1.03 bits per heavy atom. The van der Waals surface area contributed by atoms with Crippen LogP contribution in [0.25, 0.3) is 11.4 Å². The molecule has 0 saturated carbocycles. The molecular weight excluding hydrogens is 448 g/mol. The maximum atomic E-state index is 13.2. The molecule has 9 nitrogen and oxygen atoms in total. The molecule has 1 atom stereocenters. The summed E-state index contributed by atoms with van der Waals surface area (Å²) in [5.41, 5.74) is 3.19. The zero-order valence-electron chi connectivity index (χ0n) is 20.3. The minimum Gasteiger partial charge on any atom is -0.494 e. The number of aromatic nitrogens is 3. The third-order valence-electron chi connectivity index (χ3n) is 6.30. The Kier molecular flexibility index (Phi) is 6.07. The number of hydrogen-bond donors (Lipinski definition) is 1. The minimum absolute atomic E-state index is 0.116. The van der Waals surface area contributed by atoms with Crippen molar-refractivity contribution in [3.05, 3.63) is 53.2 Å². The molecule has 2 aliphatic rings. The average Bonchev–Trinajstić information content (AvgIpc) is 3.31. The third-order valence-corrected chi connectivity index (χ3v) is 6.30. The first-order valence-corrected chi connectivity index (χ1v) is 11.6. The third kappa shape index (κ3) is 3.86. The van der Waals surface area contributed by atoms with Gasteiger partial charge in [-0.25, -0.2) is 4.68 Å². The fourth-order valence-corrected chi connectivity index (χ4v) is 4.77. The topological polar surface area (TPSA) is 96.7 Å². The number of Topliss-reactive ketones (excluding diaryl/α,β-unsaturated/α-hetero) is 1. The molecule has 3 aromatic rings. The number of benzene rings is 2. The molecule has 0 spiro atoms. The smallest absolute Gasteiger partial charge is 0.226 e.